The quantitative estimate of drug-likeness (QED) is 0.438. The van der Waals surface area contributed by atoms with Gasteiger partial charge in [-0.1, -0.05) is 6.07 Å². The predicted molar refractivity (Wildman–Crippen MR) is 129 cm³/mol. The fourth-order valence-electron chi connectivity index (χ4n) is 4.04. The molecule has 3 heterocycles. The average molecular weight is 478 g/mol. The van der Waals surface area contributed by atoms with E-state index in [2.05, 4.69) is 48.2 Å². The van der Waals surface area contributed by atoms with Gasteiger partial charge in [0.2, 0.25) is 5.91 Å². The van der Waals surface area contributed by atoms with Crippen molar-refractivity contribution >= 4 is 34.7 Å². The Kier molecular flexibility index (Phi) is 5.81. The normalized spacial score (nSPS) is 16.3. The van der Waals surface area contributed by atoms with E-state index in [1.54, 1.807) is 13.0 Å². The molecule has 2 amide bonds. The summed E-state index contributed by atoms with van der Waals surface area (Å²) in [6.45, 7) is 5.98. The number of para-hydroxylation sites is 1. The molecule has 0 spiro atoms. The summed E-state index contributed by atoms with van der Waals surface area (Å²) in [5.74, 6) is 1.15. The Morgan fingerprint density at radius 3 is 2.74 bits per heavy atom. The molecule has 1 atom stereocenters. The first-order valence-electron chi connectivity index (χ1n) is 11.5. The van der Waals surface area contributed by atoms with Gasteiger partial charge in [-0.3, -0.25) is 14.4 Å². The molecule has 2 aromatic heterocycles. The third-order valence-electron chi connectivity index (χ3n) is 6.08. The smallest absolute Gasteiger partial charge is 0.297 e. The zero-order valence-electron chi connectivity index (χ0n) is 20.0. The number of fused-ring (bicyclic) bond motifs is 3. The lowest BCUT2D eigenvalue weighted by molar-refractivity contribution is -0.117. The molecular formula is C23H27N9O3. The number of amides is 2. The summed E-state index contributed by atoms with van der Waals surface area (Å²) in [7, 11) is 1.98. The number of nitrogens with one attached hydrogen (secondary N) is 3. The van der Waals surface area contributed by atoms with Crippen molar-refractivity contribution in [2.75, 3.05) is 29.2 Å². The number of carbonyl (C=O) groups excluding carboxylic acids is 2. The number of aryl methyl sites for hydroxylation is 1. The molecule has 1 saturated carbocycles. The van der Waals surface area contributed by atoms with E-state index in [4.69, 9.17) is 4.84 Å². The van der Waals surface area contributed by atoms with E-state index < -0.39 is 5.91 Å². The molecule has 1 aliphatic carbocycles. The van der Waals surface area contributed by atoms with Crippen molar-refractivity contribution in [1.29, 1.82) is 0 Å². The van der Waals surface area contributed by atoms with Crippen molar-refractivity contribution in [3.8, 4) is 5.69 Å². The summed E-state index contributed by atoms with van der Waals surface area (Å²) in [5.41, 5.74) is 5.23. The minimum Gasteiger partial charge on any atom is -0.361 e. The number of benzene rings is 1. The van der Waals surface area contributed by atoms with Crippen molar-refractivity contribution < 1.29 is 14.4 Å². The molecule has 0 radical (unpaired) electrons. The molecule has 2 aliphatic rings. The van der Waals surface area contributed by atoms with Crippen LogP contribution in [0.2, 0.25) is 0 Å². The molecule has 12 nitrogen and oxygen atoms in total. The van der Waals surface area contributed by atoms with Crippen LogP contribution in [0.3, 0.4) is 0 Å². The first-order valence-corrected chi connectivity index (χ1v) is 11.5. The van der Waals surface area contributed by atoms with Crippen molar-refractivity contribution in [3.05, 3.63) is 41.6 Å². The number of hydroxylamine groups is 1. The lowest BCUT2D eigenvalue weighted by atomic mass is 10.1. The van der Waals surface area contributed by atoms with E-state index >= 15 is 0 Å². The standard InChI is InChI=1S/C23H27N9O3/c1-5-35-30-23(34)19-16(11-18(27-28-19)26-22(33)14-9-10-14)25-15-7-6-8-17-20(15)31(4)12(2)21-24-13(3)29-32(17)21/h6-8,11-12,14H,5,9-10H2,1-4H3,(H,30,34)(H2,25,26,27,33)/t12-/m0/s1. The molecule has 1 aliphatic heterocycles. The highest BCUT2D eigenvalue weighted by atomic mass is 16.6. The number of anilines is 4. The minimum absolute atomic E-state index is 0.00532. The maximum absolute atomic E-state index is 12.7. The second-order valence-corrected chi connectivity index (χ2v) is 8.63. The second kappa shape index (κ2) is 8.95. The summed E-state index contributed by atoms with van der Waals surface area (Å²) in [4.78, 5) is 36.8. The van der Waals surface area contributed by atoms with Crippen LogP contribution in [0.15, 0.2) is 24.3 Å². The fraction of sp³-hybridized carbons (Fsp3) is 0.391. The predicted octanol–water partition coefficient (Wildman–Crippen LogP) is 2.65. The molecule has 1 fully saturated rings. The van der Waals surface area contributed by atoms with Gasteiger partial charge in [0.25, 0.3) is 5.91 Å². The molecule has 182 valence electrons. The maximum atomic E-state index is 12.7. The Morgan fingerprint density at radius 1 is 1.20 bits per heavy atom. The number of hydrogen-bond donors (Lipinski definition) is 3. The van der Waals surface area contributed by atoms with Gasteiger partial charge in [0.05, 0.1) is 35.4 Å². The van der Waals surface area contributed by atoms with Crippen molar-refractivity contribution in [3.63, 3.8) is 0 Å². The number of rotatable bonds is 7. The van der Waals surface area contributed by atoms with E-state index in [9.17, 15) is 9.59 Å². The zero-order chi connectivity index (χ0) is 24.7. The Hall–Kier alpha value is -4.06. The van der Waals surface area contributed by atoms with Crippen LogP contribution in [-0.4, -0.2) is 50.4 Å². The lowest BCUT2D eigenvalue weighted by Crippen LogP contribution is -2.31. The van der Waals surface area contributed by atoms with E-state index in [1.807, 2.05) is 36.9 Å². The monoisotopic (exact) mass is 477 g/mol. The maximum Gasteiger partial charge on any atom is 0.297 e. The van der Waals surface area contributed by atoms with Gasteiger partial charge in [-0.25, -0.2) is 15.1 Å². The summed E-state index contributed by atoms with van der Waals surface area (Å²) in [6, 6.07) is 7.34. The number of hydrogen-bond acceptors (Lipinski definition) is 9. The molecular weight excluding hydrogens is 450 g/mol. The van der Waals surface area contributed by atoms with E-state index in [0.29, 0.717) is 18.1 Å². The van der Waals surface area contributed by atoms with Crippen molar-refractivity contribution in [1.82, 2.24) is 30.4 Å². The number of aromatic nitrogens is 5. The summed E-state index contributed by atoms with van der Waals surface area (Å²) in [5, 5.41) is 18.8. The first-order chi connectivity index (χ1) is 16.9. The largest absolute Gasteiger partial charge is 0.361 e. The Labute approximate surface area is 202 Å². The summed E-state index contributed by atoms with van der Waals surface area (Å²) in [6.07, 6.45) is 1.73. The Balaban J connectivity index is 1.55. The van der Waals surface area contributed by atoms with Gasteiger partial charge < -0.3 is 15.5 Å². The van der Waals surface area contributed by atoms with E-state index in [1.165, 1.54) is 0 Å². The van der Waals surface area contributed by atoms with Gasteiger partial charge >= 0.3 is 0 Å². The molecule has 3 aromatic rings. The lowest BCUT2D eigenvalue weighted by Gasteiger charge is -2.34. The highest BCUT2D eigenvalue weighted by molar-refractivity contribution is 6.00. The second-order valence-electron chi connectivity index (χ2n) is 8.63. The third kappa shape index (κ3) is 4.28. The van der Waals surface area contributed by atoms with Crippen LogP contribution >= 0.6 is 0 Å². The molecule has 35 heavy (non-hydrogen) atoms. The van der Waals surface area contributed by atoms with Crippen LogP contribution in [0.1, 0.15) is 54.9 Å². The minimum atomic E-state index is -0.553. The fourth-order valence-corrected chi connectivity index (χ4v) is 4.04. The average Bonchev–Trinajstić information content (AvgIpc) is 3.62. The van der Waals surface area contributed by atoms with Crippen molar-refractivity contribution in [2.24, 2.45) is 5.92 Å². The zero-order valence-corrected chi connectivity index (χ0v) is 20.0. The van der Waals surface area contributed by atoms with E-state index in [-0.39, 0.29) is 29.4 Å². The summed E-state index contributed by atoms with van der Waals surface area (Å²) >= 11 is 0. The third-order valence-corrected chi connectivity index (χ3v) is 6.08. The van der Waals surface area contributed by atoms with Crippen LogP contribution in [0, 0.1) is 12.8 Å². The Morgan fingerprint density at radius 2 is 2.00 bits per heavy atom. The van der Waals surface area contributed by atoms with Crippen molar-refractivity contribution in [2.45, 2.75) is 39.7 Å². The van der Waals surface area contributed by atoms with Crippen LogP contribution in [0.25, 0.3) is 5.69 Å². The van der Waals surface area contributed by atoms with Crippen LogP contribution in [-0.2, 0) is 9.63 Å². The summed E-state index contributed by atoms with van der Waals surface area (Å²) < 4.78 is 1.84. The topological polar surface area (TPSA) is 139 Å². The van der Waals surface area contributed by atoms with Crippen LogP contribution < -0.4 is 21.0 Å². The first kappa shape index (κ1) is 22.7. The van der Waals surface area contributed by atoms with Gasteiger partial charge in [-0.2, -0.15) is 5.10 Å². The highest BCUT2D eigenvalue weighted by Crippen LogP contribution is 2.42. The number of nitrogens with zero attached hydrogens (tertiary/aromatic N) is 6. The molecule has 0 bridgehead atoms. The van der Waals surface area contributed by atoms with Gasteiger partial charge in [-0.15, -0.1) is 10.2 Å². The Bertz CT molecular complexity index is 1300. The van der Waals surface area contributed by atoms with E-state index in [0.717, 1.165) is 35.7 Å². The van der Waals surface area contributed by atoms with Gasteiger partial charge in [0, 0.05) is 19.0 Å². The van der Waals surface area contributed by atoms with Gasteiger partial charge in [0.15, 0.2) is 17.3 Å². The van der Waals surface area contributed by atoms with Crippen LogP contribution in [0.4, 0.5) is 22.9 Å². The molecule has 12 heteroatoms. The molecule has 3 N–H and O–H groups in total. The molecule has 0 saturated heterocycles. The van der Waals surface area contributed by atoms with Crippen LogP contribution in [0.5, 0.6) is 0 Å². The highest BCUT2D eigenvalue weighted by Gasteiger charge is 2.32. The molecule has 0 unspecified atom stereocenters. The molecule has 1 aromatic carbocycles. The van der Waals surface area contributed by atoms with Gasteiger partial charge in [0.1, 0.15) is 5.82 Å². The molecule has 5 rings (SSSR count). The SMILES string of the molecule is CCONC(=O)c1nnc(NC(=O)C2CC2)cc1Nc1cccc2c1N(C)[C@@H](C)c1nc(C)nn1-2. The number of carbonyl (C=O) groups is 2. The van der Waals surface area contributed by atoms with Gasteiger partial charge in [-0.05, 0) is 45.7 Å².